The van der Waals surface area contributed by atoms with Crippen LogP contribution in [-0.2, 0) is 0 Å². The van der Waals surface area contributed by atoms with Crippen LogP contribution in [-0.4, -0.2) is 30.5 Å². The Labute approximate surface area is 159 Å². The van der Waals surface area contributed by atoms with Crippen LogP contribution in [0.2, 0.25) is 5.02 Å². The van der Waals surface area contributed by atoms with Crippen molar-refractivity contribution >= 4 is 29.1 Å². The van der Waals surface area contributed by atoms with Crippen LogP contribution in [0.25, 0.3) is 0 Å². The fourth-order valence-electron chi connectivity index (χ4n) is 2.62. The van der Waals surface area contributed by atoms with Crippen LogP contribution in [0.3, 0.4) is 0 Å². The van der Waals surface area contributed by atoms with E-state index in [4.69, 9.17) is 16.3 Å². The van der Waals surface area contributed by atoms with Crippen LogP contribution in [0.1, 0.15) is 37.0 Å². The number of hydrogen-bond donors (Lipinski definition) is 0. The summed E-state index contributed by atoms with van der Waals surface area (Å²) in [5.41, 5.74) is -0.491. The number of carbonyl (C=O) groups is 1. The van der Waals surface area contributed by atoms with Gasteiger partial charge in [0.1, 0.15) is 11.4 Å². The van der Waals surface area contributed by atoms with Gasteiger partial charge in [0.05, 0.1) is 17.7 Å². The van der Waals surface area contributed by atoms with Gasteiger partial charge in [-0.15, -0.1) is 0 Å². The summed E-state index contributed by atoms with van der Waals surface area (Å²) in [6.45, 7) is 3.51. The van der Waals surface area contributed by atoms with E-state index in [1.807, 2.05) is 6.92 Å². The first-order valence-corrected chi connectivity index (χ1v) is 9.21. The number of ketones is 1. The fourth-order valence-corrected chi connectivity index (χ4v) is 3.89. The number of methoxy groups -OCH3 is 1. The summed E-state index contributed by atoms with van der Waals surface area (Å²) >= 11 is 6.89. The maximum Gasteiger partial charge on any atom is 0.432 e. The summed E-state index contributed by atoms with van der Waals surface area (Å²) in [4.78, 5) is 14.0. The molecule has 0 saturated carbocycles. The quantitative estimate of drug-likeness (QED) is 0.428. The molecule has 3 nitrogen and oxygen atoms in total. The first-order valence-electron chi connectivity index (χ1n) is 8.02. The van der Waals surface area contributed by atoms with E-state index in [2.05, 4.69) is 0 Å². The number of halogens is 4. The van der Waals surface area contributed by atoms with E-state index in [0.29, 0.717) is 17.2 Å². The van der Waals surface area contributed by atoms with E-state index in [1.165, 1.54) is 31.1 Å². The molecule has 0 N–H and O–H groups in total. The van der Waals surface area contributed by atoms with Crippen molar-refractivity contribution in [1.82, 2.24) is 4.90 Å². The maximum atomic E-state index is 13.4. The molecule has 0 spiro atoms. The Morgan fingerprint density at radius 1 is 1.38 bits per heavy atom. The van der Waals surface area contributed by atoms with Crippen LogP contribution in [0.4, 0.5) is 13.2 Å². The Kier molecular flexibility index (Phi) is 6.69. The molecule has 0 amide bonds. The predicted molar refractivity (Wildman–Crippen MR) is 98.4 cm³/mol. The minimum absolute atomic E-state index is 0.130. The summed E-state index contributed by atoms with van der Waals surface area (Å²) in [5, 5.41) is 0.607. The minimum Gasteiger partial charge on any atom is -0.496 e. The van der Waals surface area contributed by atoms with Gasteiger partial charge in [-0.05, 0) is 31.5 Å². The van der Waals surface area contributed by atoms with Crippen LogP contribution < -0.4 is 4.74 Å². The Morgan fingerprint density at radius 2 is 2.08 bits per heavy atom. The molecular formula is C18H19ClF3NO2S. The Morgan fingerprint density at radius 3 is 2.65 bits per heavy atom. The number of unbranched alkanes of at least 4 members (excludes halogenated alkanes) is 1. The number of hydrogen-bond acceptors (Lipinski definition) is 4. The van der Waals surface area contributed by atoms with E-state index >= 15 is 0 Å². The molecular weight excluding hydrogens is 387 g/mol. The zero-order valence-electron chi connectivity index (χ0n) is 14.6. The summed E-state index contributed by atoms with van der Waals surface area (Å²) < 4.78 is 45.4. The highest BCUT2D eigenvalue weighted by atomic mass is 35.5. The van der Waals surface area contributed by atoms with Crippen LogP contribution in [0, 0.1) is 0 Å². The Balaban J connectivity index is 2.40. The third-order valence-electron chi connectivity index (χ3n) is 3.81. The number of thioether (sulfide) groups is 1. The Bertz CT molecular complexity index is 759. The molecule has 1 aromatic rings. The first-order chi connectivity index (χ1) is 12.2. The molecule has 0 bridgehead atoms. The molecule has 0 aromatic heterocycles. The fraction of sp³-hybridized carbons (Fsp3) is 0.389. The average molecular weight is 406 g/mol. The van der Waals surface area contributed by atoms with Crippen molar-refractivity contribution in [1.29, 1.82) is 0 Å². The van der Waals surface area contributed by atoms with Crippen molar-refractivity contribution in [2.45, 2.75) is 32.9 Å². The molecule has 0 aliphatic carbocycles. The molecule has 0 saturated heterocycles. The van der Waals surface area contributed by atoms with Crippen LogP contribution in [0.15, 0.2) is 39.9 Å². The lowest BCUT2D eigenvalue weighted by atomic mass is 10.1. The molecule has 142 valence electrons. The van der Waals surface area contributed by atoms with Gasteiger partial charge in [0.2, 0.25) is 0 Å². The van der Waals surface area contributed by atoms with Crippen molar-refractivity contribution in [2.24, 2.45) is 0 Å². The van der Waals surface area contributed by atoms with Crippen molar-refractivity contribution in [2.75, 3.05) is 13.7 Å². The predicted octanol–water partition coefficient (Wildman–Crippen LogP) is 6.02. The van der Waals surface area contributed by atoms with Crippen molar-refractivity contribution < 1.29 is 22.7 Å². The monoisotopic (exact) mass is 405 g/mol. The van der Waals surface area contributed by atoms with Gasteiger partial charge in [-0.3, -0.25) is 4.79 Å². The number of benzene rings is 1. The standard InChI is InChI=1S/C18H19ClF3NO2S/c1-4-5-8-23-16(26-11(2)17(23)18(20,21)22)10-14(24)13-9-12(19)6-7-15(13)25-3/h6-7,9-10H,4-5,8H2,1-3H3/b16-10-. The van der Waals surface area contributed by atoms with Crippen molar-refractivity contribution in [3.05, 3.63) is 50.5 Å². The van der Waals surface area contributed by atoms with E-state index in [-0.39, 0.29) is 22.0 Å². The first kappa shape index (κ1) is 20.7. The van der Waals surface area contributed by atoms with E-state index < -0.39 is 17.7 Å². The second-order valence-electron chi connectivity index (χ2n) is 5.70. The van der Waals surface area contributed by atoms with Gasteiger partial charge in [-0.25, -0.2) is 0 Å². The van der Waals surface area contributed by atoms with Crippen molar-refractivity contribution in [3.63, 3.8) is 0 Å². The summed E-state index contributed by atoms with van der Waals surface area (Å²) in [5.74, 6) is -0.135. The topological polar surface area (TPSA) is 29.5 Å². The highest BCUT2D eigenvalue weighted by Gasteiger charge is 2.44. The largest absolute Gasteiger partial charge is 0.496 e. The summed E-state index contributed by atoms with van der Waals surface area (Å²) in [6, 6.07) is 4.58. The molecule has 1 aromatic carbocycles. The maximum absolute atomic E-state index is 13.4. The van der Waals surface area contributed by atoms with Gasteiger partial charge in [0, 0.05) is 22.5 Å². The molecule has 1 aliphatic heterocycles. The van der Waals surface area contributed by atoms with Gasteiger partial charge in [-0.1, -0.05) is 36.7 Å². The number of carbonyl (C=O) groups excluding carboxylic acids is 1. The van der Waals surface area contributed by atoms with Crippen molar-refractivity contribution in [3.8, 4) is 5.75 Å². The second-order valence-corrected chi connectivity index (χ2v) is 7.37. The normalized spacial score (nSPS) is 16.6. The highest BCUT2D eigenvalue weighted by Crippen LogP contribution is 2.47. The number of ether oxygens (including phenoxy) is 1. The SMILES string of the molecule is CCCCN1C(C(F)(F)F)=C(C)S/C1=C\C(=O)c1cc(Cl)ccc1OC. The molecule has 1 heterocycles. The van der Waals surface area contributed by atoms with Crippen LogP contribution >= 0.6 is 23.4 Å². The highest BCUT2D eigenvalue weighted by molar-refractivity contribution is 8.06. The lowest BCUT2D eigenvalue weighted by molar-refractivity contribution is -0.108. The molecule has 0 radical (unpaired) electrons. The molecule has 0 unspecified atom stereocenters. The summed E-state index contributed by atoms with van der Waals surface area (Å²) in [7, 11) is 1.42. The van der Waals surface area contributed by atoms with Gasteiger partial charge in [0.25, 0.3) is 0 Å². The average Bonchev–Trinajstić information content (AvgIpc) is 2.87. The van der Waals surface area contributed by atoms with E-state index in [9.17, 15) is 18.0 Å². The molecule has 2 rings (SSSR count). The number of allylic oxidation sites excluding steroid dienone is 3. The third-order valence-corrected chi connectivity index (χ3v) is 5.09. The lowest BCUT2D eigenvalue weighted by Gasteiger charge is -2.24. The molecule has 0 atom stereocenters. The lowest BCUT2D eigenvalue weighted by Crippen LogP contribution is -2.29. The Hall–Kier alpha value is -1.60. The van der Waals surface area contributed by atoms with Gasteiger partial charge < -0.3 is 9.64 Å². The van der Waals surface area contributed by atoms with E-state index in [1.54, 1.807) is 12.1 Å². The smallest absolute Gasteiger partial charge is 0.432 e. The number of alkyl halides is 3. The molecule has 8 heteroatoms. The number of rotatable bonds is 6. The molecule has 1 aliphatic rings. The molecule has 26 heavy (non-hydrogen) atoms. The van der Waals surface area contributed by atoms with Gasteiger partial charge in [-0.2, -0.15) is 13.2 Å². The minimum atomic E-state index is -4.47. The second kappa shape index (κ2) is 8.39. The van der Waals surface area contributed by atoms with Gasteiger partial charge >= 0.3 is 6.18 Å². The zero-order chi connectivity index (χ0) is 19.5. The van der Waals surface area contributed by atoms with E-state index in [0.717, 1.165) is 18.2 Å². The zero-order valence-corrected chi connectivity index (χ0v) is 16.2. The third kappa shape index (κ3) is 4.57. The summed E-state index contributed by atoms with van der Waals surface area (Å²) in [6.07, 6.45) is -1.93. The number of nitrogens with zero attached hydrogens (tertiary/aromatic N) is 1. The van der Waals surface area contributed by atoms with Crippen LogP contribution in [0.5, 0.6) is 5.75 Å². The molecule has 0 fully saturated rings. The van der Waals surface area contributed by atoms with Gasteiger partial charge in [0.15, 0.2) is 5.78 Å².